The summed E-state index contributed by atoms with van der Waals surface area (Å²) >= 11 is 0. The average Bonchev–Trinajstić information content (AvgIpc) is 3.11. The molecule has 7 heteroatoms. The van der Waals surface area contributed by atoms with E-state index >= 15 is 0 Å². The number of aromatic nitrogens is 3. The zero-order valence-corrected chi connectivity index (χ0v) is 12.7. The molecule has 3 atom stereocenters. The standard InChI is InChI=1S/C15H20N4O3/c1-9-13(10(2)22-18-9)15(21)17-11-4-3-5-12(14(11)20)19-7-6-16-8-19/h6-8,11-12,14,20H,3-5H2,1-2H3,(H,17,21)/t11-,12-,14-/m1/s1. The molecule has 2 heterocycles. The Balaban J connectivity index is 1.73. The number of amides is 1. The van der Waals surface area contributed by atoms with E-state index in [0.717, 1.165) is 19.3 Å². The number of aliphatic hydroxyl groups excluding tert-OH is 1. The third-order valence-corrected chi connectivity index (χ3v) is 4.31. The van der Waals surface area contributed by atoms with E-state index in [9.17, 15) is 9.90 Å². The van der Waals surface area contributed by atoms with Gasteiger partial charge in [0.2, 0.25) is 0 Å². The first kappa shape index (κ1) is 14.8. The third kappa shape index (κ3) is 2.64. The fourth-order valence-corrected chi connectivity index (χ4v) is 3.15. The van der Waals surface area contributed by atoms with E-state index in [1.54, 1.807) is 26.4 Å². The Kier molecular flexibility index (Phi) is 3.98. The van der Waals surface area contributed by atoms with Crippen LogP contribution in [-0.2, 0) is 0 Å². The van der Waals surface area contributed by atoms with Crippen LogP contribution in [0, 0.1) is 13.8 Å². The number of aliphatic hydroxyl groups is 1. The number of hydrogen-bond donors (Lipinski definition) is 2. The molecule has 0 aromatic carbocycles. The fourth-order valence-electron chi connectivity index (χ4n) is 3.15. The van der Waals surface area contributed by atoms with Gasteiger partial charge in [0.1, 0.15) is 11.3 Å². The first-order valence-corrected chi connectivity index (χ1v) is 7.47. The molecule has 2 aromatic heterocycles. The molecule has 22 heavy (non-hydrogen) atoms. The quantitative estimate of drug-likeness (QED) is 0.893. The Bertz CT molecular complexity index is 630. The van der Waals surface area contributed by atoms with Gasteiger partial charge in [0.15, 0.2) is 0 Å². The van der Waals surface area contributed by atoms with Crippen molar-refractivity contribution in [2.45, 2.75) is 51.3 Å². The molecular weight excluding hydrogens is 284 g/mol. The fraction of sp³-hybridized carbons (Fsp3) is 0.533. The van der Waals surface area contributed by atoms with Crippen molar-refractivity contribution in [2.75, 3.05) is 0 Å². The van der Waals surface area contributed by atoms with Gasteiger partial charge in [0.05, 0.1) is 30.2 Å². The second-order valence-electron chi connectivity index (χ2n) is 5.78. The van der Waals surface area contributed by atoms with Gasteiger partial charge in [-0.2, -0.15) is 0 Å². The summed E-state index contributed by atoms with van der Waals surface area (Å²) in [6.07, 6.45) is 7.15. The second kappa shape index (κ2) is 5.92. The molecule has 2 aromatic rings. The van der Waals surface area contributed by atoms with Crippen LogP contribution >= 0.6 is 0 Å². The molecule has 3 rings (SSSR count). The van der Waals surface area contributed by atoms with Gasteiger partial charge in [-0.25, -0.2) is 4.98 Å². The minimum Gasteiger partial charge on any atom is -0.389 e. The normalized spacial score (nSPS) is 25.1. The van der Waals surface area contributed by atoms with E-state index in [1.807, 2.05) is 10.8 Å². The largest absolute Gasteiger partial charge is 0.389 e. The first-order valence-electron chi connectivity index (χ1n) is 7.47. The molecule has 0 bridgehead atoms. The van der Waals surface area contributed by atoms with Crippen molar-refractivity contribution in [2.24, 2.45) is 0 Å². The number of nitrogens with zero attached hydrogens (tertiary/aromatic N) is 3. The summed E-state index contributed by atoms with van der Waals surface area (Å²) in [6, 6.07) is -0.353. The summed E-state index contributed by atoms with van der Waals surface area (Å²) < 4.78 is 6.93. The maximum absolute atomic E-state index is 12.4. The Hall–Kier alpha value is -2.15. The van der Waals surface area contributed by atoms with Gasteiger partial charge in [-0.3, -0.25) is 4.79 Å². The van der Waals surface area contributed by atoms with Crippen LogP contribution in [0.15, 0.2) is 23.2 Å². The summed E-state index contributed by atoms with van der Waals surface area (Å²) in [6.45, 7) is 3.44. The minimum atomic E-state index is -0.646. The molecule has 118 valence electrons. The molecule has 1 aliphatic rings. The highest BCUT2D eigenvalue weighted by Gasteiger charge is 2.34. The van der Waals surface area contributed by atoms with Crippen LogP contribution < -0.4 is 5.32 Å². The Labute approximate surface area is 128 Å². The highest BCUT2D eigenvalue weighted by atomic mass is 16.5. The summed E-state index contributed by atoms with van der Waals surface area (Å²) in [5.74, 6) is 0.248. The number of carbonyl (C=O) groups is 1. The molecule has 0 aliphatic heterocycles. The molecule has 0 radical (unpaired) electrons. The predicted octanol–water partition coefficient (Wildman–Crippen LogP) is 1.37. The third-order valence-electron chi connectivity index (χ3n) is 4.31. The zero-order chi connectivity index (χ0) is 15.7. The van der Waals surface area contributed by atoms with Crippen molar-refractivity contribution in [3.63, 3.8) is 0 Å². The monoisotopic (exact) mass is 304 g/mol. The van der Waals surface area contributed by atoms with Crippen molar-refractivity contribution in [3.05, 3.63) is 35.7 Å². The predicted molar refractivity (Wildman–Crippen MR) is 78.4 cm³/mol. The van der Waals surface area contributed by atoms with Gasteiger partial charge in [-0.05, 0) is 33.1 Å². The van der Waals surface area contributed by atoms with Gasteiger partial charge >= 0.3 is 0 Å². The highest BCUT2D eigenvalue weighted by molar-refractivity contribution is 5.96. The summed E-state index contributed by atoms with van der Waals surface area (Å²) in [7, 11) is 0. The number of nitrogens with one attached hydrogen (secondary N) is 1. The van der Waals surface area contributed by atoms with Crippen molar-refractivity contribution < 1.29 is 14.4 Å². The van der Waals surface area contributed by atoms with Gasteiger partial charge in [-0.1, -0.05) is 5.16 Å². The van der Waals surface area contributed by atoms with Crippen LogP contribution in [0.3, 0.4) is 0 Å². The maximum Gasteiger partial charge on any atom is 0.257 e. The van der Waals surface area contributed by atoms with Crippen molar-refractivity contribution in [1.82, 2.24) is 20.0 Å². The number of rotatable bonds is 3. The Morgan fingerprint density at radius 2 is 2.27 bits per heavy atom. The van der Waals surface area contributed by atoms with Crippen LogP contribution in [0.25, 0.3) is 0 Å². The van der Waals surface area contributed by atoms with Crippen LogP contribution in [0.4, 0.5) is 0 Å². The summed E-state index contributed by atoms with van der Waals surface area (Å²) in [5, 5.41) is 17.3. The molecule has 1 amide bonds. The van der Waals surface area contributed by atoms with Gasteiger partial charge in [0.25, 0.3) is 5.91 Å². The maximum atomic E-state index is 12.4. The summed E-state index contributed by atoms with van der Waals surface area (Å²) in [5.41, 5.74) is 1.02. The lowest BCUT2D eigenvalue weighted by molar-refractivity contribution is 0.0398. The smallest absolute Gasteiger partial charge is 0.257 e. The van der Waals surface area contributed by atoms with E-state index in [1.165, 1.54) is 0 Å². The van der Waals surface area contributed by atoms with E-state index in [2.05, 4.69) is 15.5 Å². The molecule has 1 fully saturated rings. The molecule has 0 spiro atoms. The van der Waals surface area contributed by atoms with E-state index in [-0.39, 0.29) is 18.0 Å². The van der Waals surface area contributed by atoms with Gasteiger partial charge in [-0.15, -0.1) is 0 Å². The zero-order valence-electron chi connectivity index (χ0n) is 12.7. The SMILES string of the molecule is Cc1noc(C)c1C(=O)N[C@@H]1CCC[C@@H](n2ccnc2)[C@@H]1O. The van der Waals surface area contributed by atoms with Crippen LogP contribution in [0.1, 0.15) is 47.1 Å². The summed E-state index contributed by atoms with van der Waals surface area (Å²) in [4.78, 5) is 16.4. The lowest BCUT2D eigenvalue weighted by Crippen LogP contribution is -2.49. The highest BCUT2D eigenvalue weighted by Crippen LogP contribution is 2.29. The van der Waals surface area contributed by atoms with E-state index in [4.69, 9.17) is 4.52 Å². The van der Waals surface area contributed by atoms with Crippen LogP contribution in [0.5, 0.6) is 0 Å². The Morgan fingerprint density at radius 1 is 1.45 bits per heavy atom. The van der Waals surface area contributed by atoms with E-state index in [0.29, 0.717) is 17.0 Å². The topological polar surface area (TPSA) is 93.2 Å². The molecule has 0 unspecified atom stereocenters. The molecule has 1 aliphatic carbocycles. The average molecular weight is 304 g/mol. The van der Waals surface area contributed by atoms with Gasteiger partial charge in [0, 0.05) is 12.4 Å². The van der Waals surface area contributed by atoms with Gasteiger partial charge < -0.3 is 19.5 Å². The minimum absolute atomic E-state index is 0.0637. The lowest BCUT2D eigenvalue weighted by Gasteiger charge is -2.35. The second-order valence-corrected chi connectivity index (χ2v) is 5.78. The van der Waals surface area contributed by atoms with E-state index < -0.39 is 6.10 Å². The molecule has 2 N–H and O–H groups in total. The van der Waals surface area contributed by atoms with Crippen LogP contribution in [-0.4, -0.2) is 37.9 Å². The number of imidazole rings is 1. The van der Waals surface area contributed by atoms with Crippen LogP contribution in [0.2, 0.25) is 0 Å². The Morgan fingerprint density at radius 3 is 2.91 bits per heavy atom. The molecule has 7 nitrogen and oxygen atoms in total. The van der Waals surface area contributed by atoms with Crippen molar-refractivity contribution in [1.29, 1.82) is 0 Å². The van der Waals surface area contributed by atoms with Crippen molar-refractivity contribution >= 4 is 5.91 Å². The molecule has 0 saturated heterocycles. The lowest BCUT2D eigenvalue weighted by atomic mass is 9.87. The number of carbonyl (C=O) groups excluding carboxylic acids is 1. The number of aryl methyl sites for hydroxylation is 2. The molecular formula is C15H20N4O3. The van der Waals surface area contributed by atoms with Crippen molar-refractivity contribution in [3.8, 4) is 0 Å². The number of hydrogen-bond acceptors (Lipinski definition) is 5. The first-order chi connectivity index (χ1) is 10.6. The molecule has 1 saturated carbocycles.